The van der Waals surface area contributed by atoms with Gasteiger partial charge >= 0.3 is 0 Å². The first-order chi connectivity index (χ1) is 27.9. The standard InChI is InChI=1S/C49H64N2O5S/c1-3-4-5-6-7-8-9-10-11-12-13-14-18-21-46(54)50-34-38-22-28-42(29-23-38)49-55-45(36-57-44-32-30-43(31-33-44)51-37(2)53)47(40-19-16-15-17-20-40)48(56-49)41-26-24-39(35-52)25-27-41/h15-17,19-20,22-33,45,47-49,52H,3-14,18,21,34-36H2,1-2H3,(H,50,54)(H,51,53). The average molecular weight is 793 g/mol. The molecule has 0 spiro atoms. The van der Waals surface area contributed by atoms with E-state index < -0.39 is 6.29 Å². The van der Waals surface area contributed by atoms with E-state index in [1.807, 2.05) is 78.9 Å². The summed E-state index contributed by atoms with van der Waals surface area (Å²) in [6.07, 6.45) is 16.3. The molecule has 8 heteroatoms. The van der Waals surface area contributed by atoms with Gasteiger partial charge in [0.2, 0.25) is 11.8 Å². The molecule has 5 rings (SSSR count). The van der Waals surface area contributed by atoms with Gasteiger partial charge in [-0.05, 0) is 52.9 Å². The lowest BCUT2D eigenvalue weighted by atomic mass is 9.84. The van der Waals surface area contributed by atoms with Crippen LogP contribution in [0.1, 0.15) is 150 Å². The van der Waals surface area contributed by atoms with Crippen molar-refractivity contribution in [2.45, 2.75) is 146 Å². The average Bonchev–Trinajstić information content (AvgIpc) is 3.24. The fourth-order valence-electron chi connectivity index (χ4n) is 7.55. The first kappa shape index (κ1) is 44.2. The van der Waals surface area contributed by atoms with Crippen molar-refractivity contribution in [1.29, 1.82) is 0 Å². The Bertz CT molecular complexity index is 1730. The van der Waals surface area contributed by atoms with Gasteiger partial charge in [0, 0.05) is 47.7 Å². The van der Waals surface area contributed by atoms with Gasteiger partial charge in [0.15, 0.2) is 6.29 Å². The van der Waals surface area contributed by atoms with Gasteiger partial charge in [-0.3, -0.25) is 9.59 Å². The number of nitrogens with one attached hydrogen (secondary N) is 2. The molecule has 0 aromatic heterocycles. The van der Waals surface area contributed by atoms with Crippen LogP contribution in [0.3, 0.4) is 0 Å². The number of ether oxygens (including phenoxy) is 2. The van der Waals surface area contributed by atoms with E-state index in [1.165, 1.54) is 77.6 Å². The first-order valence-electron chi connectivity index (χ1n) is 21.3. The number of hydrogen-bond donors (Lipinski definition) is 3. The van der Waals surface area contributed by atoms with Gasteiger partial charge in [-0.2, -0.15) is 0 Å². The Hall–Kier alpha value is -3.95. The fraction of sp³-hybridized carbons (Fsp3) is 0.469. The molecule has 1 heterocycles. The predicted molar refractivity (Wildman–Crippen MR) is 233 cm³/mol. The van der Waals surface area contributed by atoms with Crippen molar-refractivity contribution < 1.29 is 24.2 Å². The summed E-state index contributed by atoms with van der Waals surface area (Å²) in [5.74, 6) is 0.582. The lowest BCUT2D eigenvalue weighted by Crippen LogP contribution is -2.38. The van der Waals surface area contributed by atoms with E-state index in [9.17, 15) is 14.7 Å². The van der Waals surface area contributed by atoms with Crippen molar-refractivity contribution >= 4 is 29.3 Å². The number of carbonyl (C=O) groups is 2. The van der Waals surface area contributed by atoms with E-state index in [2.05, 4.69) is 41.8 Å². The Morgan fingerprint density at radius 1 is 0.649 bits per heavy atom. The molecule has 0 saturated carbocycles. The third-order valence-corrected chi connectivity index (χ3v) is 11.9. The molecule has 4 aromatic rings. The monoisotopic (exact) mass is 792 g/mol. The molecule has 0 radical (unpaired) electrons. The molecule has 4 aromatic carbocycles. The van der Waals surface area contributed by atoms with Gasteiger partial charge in [-0.25, -0.2) is 0 Å². The molecule has 1 aliphatic rings. The maximum Gasteiger partial charge on any atom is 0.221 e. The topological polar surface area (TPSA) is 96.9 Å². The summed E-state index contributed by atoms with van der Waals surface area (Å²) in [5.41, 5.74) is 5.70. The fourth-order valence-corrected chi connectivity index (χ4v) is 8.52. The number of amides is 2. The van der Waals surface area contributed by atoms with Gasteiger partial charge in [-0.1, -0.05) is 163 Å². The maximum atomic E-state index is 12.7. The third-order valence-electron chi connectivity index (χ3n) is 10.8. The molecule has 4 atom stereocenters. The van der Waals surface area contributed by atoms with Crippen LogP contribution < -0.4 is 10.6 Å². The number of carbonyl (C=O) groups excluding carboxylic acids is 2. The summed E-state index contributed by atoms with van der Waals surface area (Å²) in [6.45, 7) is 4.24. The van der Waals surface area contributed by atoms with Crippen LogP contribution in [0.25, 0.3) is 0 Å². The zero-order chi connectivity index (χ0) is 40.1. The van der Waals surface area contributed by atoms with Crippen LogP contribution in [0.2, 0.25) is 0 Å². The Morgan fingerprint density at radius 2 is 1.23 bits per heavy atom. The van der Waals surface area contributed by atoms with Crippen LogP contribution in [0, 0.1) is 0 Å². The van der Waals surface area contributed by atoms with Crippen molar-refractivity contribution in [1.82, 2.24) is 5.32 Å². The number of rotatable bonds is 24. The quantitative estimate of drug-likeness (QED) is 0.0483. The van der Waals surface area contributed by atoms with Gasteiger partial charge in [0.1, 0.15) is 0 Å². The number of thioether (sulfide) groups is 1. The number of hydrogen-bond acceptors (Lipinski definition) is 6. The van der Waals surface area contributed by atoms with Crippen LogP contribution >= 0.6 is 11.8 Å². The summed E-state index contributed by atoms with van der Waals surface area (Å²) in [6, 6.07) is 34.4. The van der Waals surface area contributed by atoms with Gasteiger partial charge < -0.3 is 25.2 Å². The maximum absolute atomic E-state index is 12.7. The first-order valence-corrected chi connectivity index (χ1v) is 22.3. The largest absolute Gasteiger partial charge is 0.392 e. The summed E-state index contributed by atoms with van der Waals surface area (Å²) in [5, 5.41) is 15.7. The minimum Gasteiger partial charge on any atom is -0.392 e. The molecule has 4 unspecified atom stereocenters. The van der Waals surface area contributed by atoms with Crippen LogP contribution in [0.4, 0.5) is 5.69 Å². The second kappa shape index (κ2) is 24.7. The lowest BCUT2D eigenvalue weighted by Gasteiger charge is -2.43. The van der Waals surface area contributed by atoms with Gasteiger partial charge in [0.25, 0.3) is 0 Å². The Balaban J connectivity index is 1.16. The molecule has 2 amide bonds. The minimum absolute atomic E-state index is 0.0219. The molecule has 1 saturated heterocycles. The molecule has 0 aliphatic carbocycles. The molecule has 1 fully saturated rings. The van der Waals surface area contributed by atoms with Gasteiger partial charge in [-0.15, -0.1) is 11.8 Å². The van der Waals surface area contributed by atoms with E-state index in [-0.39, 0.29) is 36.5 Å². The van der Waals surface area contributed by atoms with Crippen LogP contribution in [0.5, 0.6) is 0 Å². The van der Waals surface area contributed by atoms with E-state index in [4.69, 9.17) is 9.47 Å². The van der Waals surface area contributed by atoms with Crippen molar-refractivity contribution in [3.05, 3.63) is 131 Å². The van der Waals surface area contributed by atoms with Crippen molar-refractivity contribution in [2.24, 2.45) is 0 Å². The molecule has 1 aliphatic heterocycles. The normalized spacial score (nSPS) is 17.9. The second-order valence-electron chi connectivity index (χ2n) is 15.4. The van der Waals surface area contributed by atoms with Gasteiger partial charge in [0.05, 0.1) is 18.8 Å². The molecule has 3 N–H and O–H groups in total. The van der Waals surface area contributed by atoms with Crippen molar-refractivity contribution in [3.63, 3.8) is 0 Å². The summed E-state index contributed by atoms with van der Waals surface area (Å²) in [7, 11) is 0. The highest BCUT2D eigenvalue weighted by atomic mass is 32.2. The van der Waals surface area contributed by atoms with Crippen molar-refractivity contribution in [2.75, 3.05) is 11.1 Å². The lowest BCUT2D eigenvalue weighted by molar-refractivity contribution is -0.255. The minimum atomic E-state index is -0.612. The number of benzene rings is 4. The van der Waals surface area contributed by atoms with E-state index >= 15 is 0 Å². The highest BCUT2D eigenvalue weighted by molar-refractivity contribution is 7.99. The zero-order valence-corrected chi connectivity index (χ0v) is 35.0. The highest BCUT2D eigenvalue weighted by Crippen LogP contribution is 2.48. The summed E-state index contributed by atoms with van der Waals surface area (Å²) >= 11 is 1.71. The smallest absolute Gasteiger partial charge is 0.221 e. The SMILES string of the molecule is CCCCCCCCCCCCCCCC(=O)NCc1ccc(C2OC(CSc3ccc(NC(C)=O)cc3)C(c3ccccc3)C(c3ccc(CO)cc3)O2)cc1. The van der Waals surface area contributed by atoms with E-state index in [0.29, 0.717) is 18.7 Å². The molecular formula is C49H64N2O5S. The van der Waals surface area contributed by atoms with Crippen LogP contribution in [-0.2, 0) is 32.2 Å². The number of anilines is 1. The zero-order valence-electron chi connectivity index (χ0n) is 34.1. The predicted octanol–water partition coefficient (Wildman–Crippen LogP) is 12.0. The van der Waals surface area contributed by atoms with Crippen LogP contribution in [0.15, 0.2) is 108 Å². The third kappa shape index (κ3) is 15.1. The van der Waals surface area contributed by atoms with Crippen molar-refractivity contribution in [3.8, 4) is 0 Å². The molecule has 306 valence electrons. The van der Waals surface area contributed by atoms with E-state index in [1.54, 1.807) is 11.8 Å². The second-order valence-corrected chi connectivity index (χ2v) is 16.5. The Kier molecular flexibility index (Phi) is 19.2. The Morgan fingerprint density at radius 3 is 1.82 bits per heavy atom. The van der Waals surface area contributed by atoms with E-state index in [0.717, 1.165) is 51.2 Å². The highest BCUT2D eigenvalue weighted by Gasteiger charge is 2.41. The molecule has 57 heavy (non-hydrogen) atoms. The number of aliphatic hydroxyl groups excluding tert-OH is 1. The Labute approximate surface area is 345 Å². The number of unbranched alkanes of at least 4 members (excludes halogenated alkanes) is 12. The number of aliphatic hydroxyl groups is 1. The summed E-state index contributed by atoms with van der Waals surface area (Å²) in [4.78, 5) is 25.3. The molecule has 0 bridgehead atoms. The van der Waals surface area contributed by atoms with Crippen LogP contribution in [-0.4, -0.2) is 28.8 Å². The molecular weight excluding hydrogens is 729 g/mol. The summed E-state index contributed by atoms with van der Waals surface area (Å²) < 4.78 is 13.8. The molecule has 7 nitrogen and oxygen atoms in total.